The fourth-order valence-electron chi connectivity index (χ4n) is 3.51. The fraction of sp³-hybridized carbons (Fsp3) is 0.292. The number of amides is 1. The molecule has 0 unspecified atom stereocenters. The van der Waals surface area contributed by atoms with Crippen molar-refractivity contribution in [2.24, 2.45) is 5.92 Å². The minimum Gasteiger partial charge on any atom is -0.419 e. The quantitative estimate of drug-likeness (QED) is 0.467. The third-order valence-electron chi connectivity index (χ3n) is 5.03. The predicted octanol–water partition coefficient (Wildman–Crippen LogP) is 5.09. The van der Waals surface area contributed by atoms with Crippen molar-refractivity contribution in [3.05, 3.63) is 66.1 Å². The summed E-state index contributed by atoms with van der Waals surface area (Å²) in [6, 6.07) is 17.9. The second-order valence-corrected chi connectivity index (χ2v) is 7.87. The number of rotatable bonds is 7. The summed E-state index contributed by atoms with van der Waals surface area (Å²) in [5, 5.41) is 12.4. The van der Waals surface area contributed by atoms with Crippen LogP contribution in [0.1, 0.15) is 32.2 Å². The number of hydrogen-bond acceptors (Lipinski definition) is 4. The minimum atomic E-state index is -0.108. The van der Waals surface area contributed by atoms with Gasteiger partial charge in [-0.3, -0.25) is 4.79 Å². The van der Waals surface area contributed by atoms with Crippen molar-refractivity contribution in [2.45, 2.75) is 40.2 Å². The van der Waals surface area contributed by atoms with Gasteiger partial charge in [0.15, 0.2) is 0 Å². The van der Waals surface area contributed by atoms with E-state index in [4.69, 9.17) is 4.42 Å². The SMILES string of the molecule is CCc1ccc(NC(=O)Cn2c(-c3nnc(CC(C)C)o3)cc3ccccc32)cc1. The summed E-state index contributed by atoms with van der Waals surface area (Å²) in [7, 11) is 0. The number of benzene rings is 2. The molecule has 1 amide bonds. The molecule has 0 saturated carbocycles. The molecule has 0 atom stereocenters. The molecule has 0 aliphatic carbocycles. The standard InChI is InChI=1S/C24H26N4O2/c1-4-17-9-11-19(12-10-17)25-22(29)15-28-20-8-6-5-7-18(20)14-21(28)24-27-26-23(30-24)13-16(2)3/h5-12,14,16H,4,13,15H2,1-3H3,(H,25,29). The third-order valence-corrected chi connectivity index (χ3v) is 5.03. The molecule has 1 N–H and O–H groups in total. The van der Waals surface area contributed by atoms with E-state index in [-0.39, 0.29) is 12.5 Å². The molecular formula is C24H26N4O2. The van der Waals surface area contributed by atoms with Gasteiger partial charge in [-0.2, -0.15) is 0 Å². The third kappa shape index (κ3) is 4.27. The van der Waals surface area contributed by atoms with Gasteiger partial charge in [-0.15, -0.1) is 10.2 Å². The predicted molar refractivity (Wildman–Crippen MR) is 118 cm³/mol. The number of hydrogen-bond donors (Lipinski definition) is 1. The van der Waals surface area contributed by atoms with E-state index in [9.17, 15) is 4.79 Å². The van der Waals surface area contributed by atoms with Crippen molar-refractivity contribution in [3.63, 3.8) is 0 Å². The van der Waals surface area contributed by atoms with Crippen LogP contribution in [0.2, 0.25) is 0 Å². The Hall–Kier alpha value is -3.41. The van der Waals surface area contributed by atoms with Crippen molar-refractivity contribution in [1.29, 1.82) is 0 Å². The zero-order valence-corrected chi connectivity index (χ0v) is 17.6. The van der Waals surface area contributed by atoms with Crippen molar-refractivity contribution < 1.29 is 9.21 Å². The van der Waals surface area contributed by atoms with E-state index in [0.717, 1.165) is 35.1 Å². The van der Waals surface area contributed by atoms with Crippen molar-refractivity contribution in [2.75, 3.05) is 5.32 Å². The Morgan fingerprint density at radius 2 is 1.87 bits per heavy atom. The van der Waals surface area contributed by atoms with E-state index < -0.39 is 0 Å². The van der Waals surface area contributed by atoms with Crippen LogP contribution in [-0.2, 0) is 24.2 Å². The molecule has 0 aliphatic heterocycles. The van der Waals surface area contributed by atoms with Gasteiger partial charge in [-0.1, -0.05) is 51.1 Å². The number of nitrogens with one attached hydrogen (secondary N) is 1. The van der Waals surface area contributed by atoms with Crippen LogP contribution in [-0.4, -0.2) is 20.7 Å². The molecule has 0 radical (unpaired) electrons. The van der Waals surface area contributed by atoms with Gasteiger partial charge < -0.3 is 14.3 Å². The molecule has 0 saturated heterocycles. The molecule has 0 aliphatic rings. The number of para-hydroxylation sites is 1. The van der Waals surface area contributed by atoms with Gasteiger partial charge in [0.2, 0.25) is 11.8 Å². The molecule has 30 heavy (non-hydrogen) atoms. The lowest BCUT2D eigenvalue weighted by Crippen LogP contribution is -2.19. The second kappa shape index (κ2) is 8.53. The number of nitrogens with zero attached hydrogens (tertiary/aromatic N) is 3. The highest BCUT2D eigenvalue weighted by atomic mass is 16.4. The zero-order chi connectivity index (χ0) is 21.1. The Bertz CT molecular complexity index is 1160. The molecule has 0 spiro atoms. The first-order valence-electron chi connectivity index (χ1n) is 10.3. The summed E-state index contributed by atoms with van der Waals surface area (Å²) in [6.45, 7) is 6.48. The number of carbonyl (C=O) groups excluding carboxylic acids is 1. The second-order valence-electron chi connectivity index (χ2n) is 7.87. The van der Waals surface area contributed by atoms with Crippen molar-refractivity contribution in [1.82, 2.24) is 14.8 Å². The van der Waals surface area contributed by atoms with E-state index in [2.05, 4.69) is 36.3 Å². The Kier molecular flexibility index (Phi) is 5.65. The molecule has 6 nitrogen and oxygen atoms in total. The molecule has 2 heterocycles. The lowest BCUT2D eigenvalue weighted by atomic mass is 10.1. The molecule has 4 aromatic rings. The van der Waals surface area contributed by atoms with Crippen LogP contribution < -0.4 is 5.32 Å². The lowest BCUT2D eigenvalue weighted by Gasteiger charge is -2.10. The summed E-state index contributed by atoms with van der Waals surface area (Å²) in [4.78, 5) is 12.8. The average molecular weight is 402 g/mol. The summed E-state index contributed by atoms with van der Waals surface area (Å²) in [6.07, 6.45) is 1.69. The first-order chi connectivity index (χ1) is 14.5. The monoisotopic (exact) mass is 402 g/mol. The lowest BCUT2D eigenvalue weighted by molar-refractivity contribution is -0.116. The summed E-state index contributed by atoms with van der Waals surface area (Å²) >= 11 is 0. The number of carbonyl (C=O) groups is 1. The van der Waals surface area contributed by atoms with Crippen molar-refractivity contribution in [3.8, 4) is 11.6 Å². The summed E-state index contributed by atoms with van der Waals surface area (Å²) in [5.41, 5.74) is 3.72. The zero-order valence-electron chi connectivity index (χ0n) is 17.6. The van der Waals surface area contributed by atoms with E-state index in [1.165, 1.54) is 5.56 Å². The Balaban J connectivity index is 1.62. The smallest absolute Gasteiger partial charge is 0.264 e. The summed E-state index contributed by atoms with van der Waals surface area (Å²) in [5.74, 6) is 1.36. The Morgan fingerprint density at radius 1 is 1.10 bits per heavy atom. The van der Waals surface area contributed by atoms with Crippen LogP contribution in [0, 0.1) is 5.92 Å². The van der Waals surface area contributed by atoms with Crippen LogP contribution in [0.3, 0.4) is 0 Å². The highest BCUT2D eigenvalue weighted by Crippen LogP contribution is 2.28. The highest BCUT2D eigenvalue weighted by Gasteiger charge is 2.18. The van der Waals surface area contributed by atoms with Crippen LogP contribution >= 0.6 is 0 Å². The van der Waals surface area contributed by atoms with Gasteiger partial charge in [0.25, 0.3) is 5.89 Å². The molecule has 6 heteroatoms. The topological polar surface area (TPSA) is 73.0 Å². The largest absolute Gasteiger partial charge is 0.419 e. The molecule has 0 fully saturated rings. The van der Waals surface area contributed by atoms with E-state index >= 15 is 0 Å². The maximum atomic E-state index is 12.8. The van der Waals surface area contributed by atoms with Gasteiger partial charge in [0.1, 0.15) is 12.2 Å². The van der Waals surface area contributed by atoms with E-state index in [1.807, 2.05) is 59.2 Å². The normalized spacial score (nSPS) is 11.3. The van der Waals surface area contributed by atoms with E-state index in [1.54, 1.807) is 0 Å². The van der Waals surface area contributed by atoms with Crippen LogP contribution in [0.5, 0.6) is 0 Å². The summed E-state index contributed by atoms with van der Waals surface area (Å²) < 4.78 is 7.83. The first-order valence-corrected chi connectivity index (χ1v) is 10.3. The molecule has 154 valence electrons. The number of fused-ring (bicyclic) bond motifs is 1. The van der Waals surface area contributed by atoms with Crippen LogP contribution in [0.4, 0.5) is 5.69 Å². The number of aromatic nitrogens is 3. The van der Waals surface area contributed by atoms with Crippen molar-refractivity contribution >= 4 is 22.5 Å². The number of anilines is 1. The molecule has 2 aromatic heterocycles. The highest BCUT2D eigenvalue weighted by molar-refractivity contribution is 5.93. The molecular weight excluding hydrogens is 376 g/mol. The maximum Gasteiger partial charge on any atom is 0.264 e. The average Bonchev–Trinajstić information content (AvgIpc) is 3.33. The van der Waals surface area contributed by atoms with Gasteiger partial charge in [0.05, 0.1) is 0 Å². The van der Waals surface area contributed by atoms with E-state index in [0.29, 0.717) is 17.7 Å². The molecule has 4 rings (SSSR count). The van der Waals surface area contributed by atoms with Gasteiger partial charge in [-0.05, 0) is 42.2 Å². The molecule has 2 aromatic carbocycles. The van der Waals surface area contributed by atoms with Gasteiger partial charge >= 0.3 is 0 Å². The van der Waals surface area contributed by atoms with Gasteiger partial charge in [-0.25, -0.2) is 0 Å². The fourth-order valence-corrected chi connectivity index (χ4v) is 3.51. The number of aryl methyl sites for hydroxylation is 1. The van der Waals surface area contributed by atoms with Gasteiger partial charge in [0, 0.05) is 23.0 Å². The maximum absolute atomic E-state index is 12.8. The first kappa shape index (κ1) is 19.9. The van der Waals surface area contributed by atoms with Crippen LogP contribution in [0.15, 0.2) is 59.0 Å². The minimum absolute atomic E-state index is 0.108. The Morgan fingerprint density at radius 3 is 2.60 bits per heavy atom. The van der Waals surface area contributed by atoms with Crippen LogP contribution in [0.25, 0.3) is 22.5 Å². The molecule has 0 bridgehead atoms. The Labute approximate surface area is 175 Å².